The second kappa shape index (κ2) is 6.73. The van der Waals surface area contributed by atoms with E-state index in [-0.39, 0.29) is 6.61 Å². The summed E-state index contributed by atoms with van der Waals surface area (Å²) in [5.41, 5.74) is -2.49. The van der Waals surface area contributed by atoms with E-state index in [2.05, 4.69) is 4.74 Å². The van der Waals surface area contributed by atoms with Gasteiger partial charge in [0.25, 0.3) is 0 Å². The molecule has 0 fully saturated rings. The molecule has 0 saturated heterocycles. The molecular weight excluding hydrogens is 249 g/mol. The van der Waals surface area contributed by atoms with E-state index in [1.807, 2.05) is 0 Å². The summed E-state index contributed by atoms with van der Waals surface area (Å²) in [7, 11) is 0. The first-order valence-corrected chi connectivity index (χ1v) is 4.95. The van der Waals surface area contributed by atoms with Gasteiger partial charge in [0.2, 0.25) is 0 Å². The molecule has 0 aromatic heterocycles. The van der Waals surface area contributed by atoms with Crippen LogP contribution in [0.15, 0.2) is 0 Å². The first-order valence-electron chi connectivity index (χ1n) is 4.52. The number of halogens is 4. The summed E-state index contributed by atoms with van der Waals surface area (Å²) in [6.45, 7) is -3.23. The molecule has 0 N–H and O–H groups in total. The third-order valence-corrected chi connectivity index (χ3v) is 2.39. The van der Waals surface area contributed by atoms with E-state index < -0.39 is 42.6 Å². The minimum atomic E-state index is -2.49. The molecule has 1 atom stereocenters. The fraction of sp³-hybridized carbons (Fsp3) is 0.778. The summed E-state index contributed by atoms with van der Waals surface area (Å²) < 4.78 is 41.8. The van der Waals surface area contributed by atoms with Crippen molar-refractivity contribution >= 4 is 23.4 Å². The van der Waals surface area contributed by atoms with Gasteiger partial charge in [-0.25, -0.2) is 18.0 Å². The molecule has 94 valence electrons. The SMILES string of the molecule is CCOC(=O)C(Cl)C(=O)C(CF)(CF)CF. The highest BCUT2D eigenvalue weighted by molar-refractivity contribution is 6.41. The lowest BCUT2D eigenvalue weighted by Crippen LogP contribution is -2.45. The van der Waals surface area contributed by atoms with Crippen LogP contribution >= 0.6 is 11.6 Å². The maximum Gasteiger partial charge on any atom is 0.331 e. The number of carbonyl (C=O) groups is 2. The fourth-order valence-corrected chi connectivity index (χ4v) is 1.19. The third-order valence-electron chi connectivity index (χ3n) is 2.01. The monoisotopic (exact) mass is 260 g/mol. The Kier molecular flexibility index (Phi) is 6.40. The van der Waals surface area contributed by atoms with Crippen molar-refractivity contribution < 1.29 is 27.5 Å². The zero-order valence-corrected chi connectivity index (χ0v) is 9.40. The Morgan fingerprint density at radius 1 is 1.25 bits per heavy atom. The fourth-order valence-electron chi connectivity index (χ4n) is 0.896. The lowest BCUT2D eigenvalue weighted by molar-refractivity contribution is -0.148. The van der Waals surface area contributed by atoms with Crippen molar-refractivity contribution in [2.24, 2.45) is 5.41 Å². The molecule has 0 rings (SSSR count). The molecule has 0 aromatic carbocycles. The van der Waals surface area contributed by atoms with Crippen LogP contribution in [-0.2, 0) is 14.3 Å². The topological polar surface area (TPSA) is 43.4 Å². The number of ether oxygens (including phenoxy) is 1. The van der Waals surface area contributed by atoms with Crippen molar-refractivity contribution in [3.05, 3.63) is 0 Å². The normalized spacial score (nSPS) is 13.3. The van der Waals surface area contributed by atoms with Gasteiger partial charge in [-0.2, -0.15) is 0 Å². The van der Waals surface area contributed by atoms with Gasteiger partial charge in [-0.1, -0.05) is 0 Å². The Labute approximate surface area is 95.9 Å². The molecule has 0 aliphatic rings. The molecule has 0 saturated carbocycles. The van der Waals surface area contributed by atoms with E-state index in [9.17, 15) is 22.8 Å². The van der Waals surface area contributed by atoms with Crippen molar-refractivity contribution in [1.29, 1.82) is 0 Å². The molecule has 0 aromatic rings. The number of alkyl halides is 4. The Morgan fingerprint density at radius 3 is 2.00 bits per heavy atom. The van der Waals surface area contributed by atoms with E-state index >= 15 is 0 Å². The van der Waals surface area contributed by atoms with Crippen molar-refractivity contribution in [3.8, 4) is 0 Å². The molecule has 0 aliphatic heterocycles. The van der Waals surface area contributed by atoms with Crippen LogP contribution in [0.4, 0.5) is 13.2 Å². The van der Waals surface area contributed by atoms with E-state index in [1.165, 1.54) is 6.92 Å². The number of Topliss-reactive ketones (excluding diaryl/α,β-unsaturated/α-hetero) is 1. The zero-order chi connectivity index (χ0) is 12.8. The van der Waals surface area contributed by atoms with Gasteiger partial charge >= 0.3 is 5.97 Å². The van der Waals surface area contributed by atoms with Crippen molar-refractivity contribution in [1.82, 2.24) is 0 Å². The highest BCUT2D eigenvalue weighted by Crippen LogP contribution is 2.25. The van der Waals surface area contributed by atoms with Gasteiger partial charge in [0.05, 0.1) is 6.61 Å². The van der Waals surface area contributed by atoms with E-state index in [0.29, 0.717) is 0 Å². The van der Waals surface area contributed by atoms with E-state index in [1.54, 1.807) is 0 Å². The predicted octanol–water partition coefficient (Wildman–Crippen LogP) is 1.62. The van der Waals surface area contributed by atoms with Crippen LogP contribution in [0.5, 0.6) is 0 Å². The Hall–Kier alpha value is -0.780. The van der Waals surface area contributed by atoms with Crippen molar-refractivity contribution in [2.45, 2.75) is 12.3 Å². The molecular formula is C9H12ClF3O3. The van der Waals surface area contributed by atoms with Crippen molar-refractivity contribution in [3.63, 3.8) is 0 Å². The van der Waals surface area contributed by atoms with Crippen LogP contribution in [0.25, 0.3) is 0 Å². The molecule has 0 heterocycles. The van der Waals surface area contributed by atoms with Crippen LogP contribution < -0.4 is 0 Å². The minimum absolute atomic E-state index is 0.0385. The Bertz CT molecular complexity index is 248. The Balaban J connectivity index is 4.81. The quantitative estimate of drug-likeness (QED) is 0.397. The smallest absolute Gasteiger partial charge is 0.331 e. The first kappa shape index (κ1) is 15.2. The summed E-state index contributed by atoms with van der Waals surface area (Å²) >= 11 is 5.36. The van der Waals surface area contributed by atoms with E-state index in [4.69, 9.17) is 11.6 Å². The molecule has 0 amide bonds. The third kappa shape index (κ3) is 3.10. The average molecular weight is 261 g/mol. The molecule has 16 heavy (non-hydrogen) atoms. The lowest BCUT2D eigenvalue weighted by Gasteiger charge is -2.24. The highest BCUT2D eigenvalue weighted by atomic mass is 35.5. The summed E-state index contributed by atoms with van der Waals surface area (Å²) in [5, 5.41) is -1.89. The number of hydrogen-bond donors (Lipinski definition) is 0. The second-order valence-corrected chi connectivity index (χ2v) is 3.60. The molecule has 1 unspecified atom stereocenters. The Morgan fingerprint density at radius 2 is 1.69 bits per heavy atom. The van der Waals surface area contributed by atoms with Crippen molar-refractivity contribution in [2.75, 3.05) is 26.6 Å². The average Bonchev–Trinajstić information content (AvgIpc) is 2.31. The largest absolute Gasteiger partial charge is 0.465 e. The van der Waals surface area contributed by atoms with Gasteiger partial charge in [0, 0.05) is 0 Å². The minimum Gasteiger partial charge on any atom is -0.465 e. The van der Waals surface area contributed by atoms with Crippen LogP contribution in [0.1, 0.15) is 6.92 Å². The molecule has 0 bridgehead atoms. The molecule has 3 nitrogen and oxygen atoms in total. The van der Waals surface area contributed by atoms with E-state index in [0.717, 1.165) is 0 Å². The van der Waals surface area contributed by atoms with Gasteiger partial charge in [0.15, 0.2) is 11.2 Å². The number of ketones is 1. The zero-order valence-electron chi connectivity index (χ0n) is 8.64. The summed E-state index contributed by atoms with van der Waals surface area (Å²) in [6.07, 6.45) is 0. The van der Waals surface area contributed by atoms with Crippen LogP contribution in [0.3, 0.4) is 0 Å². The summed E-state index contributed by atoms with van der Waals surface area (Å²) in [6, 6.07) is 0. The van der Waals surface area contributed by atoms with Crippen LogP contribution in [-0.4, -0.2) is 43.8 Å². The standard InChI is InChI=1S/C9H12ClF3O3/c1-2-16-8(15)6(10)7(14)9(3-11,4-12)5-13/h6H,2-5H2,1H3. The predicted molar refractivity (Wildman–Crippen MR) is 51.6 cm³/mol. The van der Waals surface area contributed by atoms with Crippen LogP contribution in [0, 0.1) is 5.41 Å². The maximum atomic E-state index is 12.5. The number of hydrogen-bond acceptors (Lipinski definition) is 3. The first-order chi connectivity index (χ1) is 7.48. The number of carbonyl (C=O) groups excluding carboxylic acids is 2. The molecule has 0 radical (unpaired) electrons. The molecule has 7 heteroatoms. The van der Waals surface area contributed by atoms with Crippen LogP contribution in [0.2, 0.25) is 0 Å². The summed E-state index contributed by atoms with van der Waals surface area (Å²) in [5.74, 6) is -2.46. The lowest BCUT2D eigenvalue weighted by atomic mass is 9.86. The molecule has 0 spiro atoms. The number of rotatable bonds is 7. The van der Waals surface area contributed by atoms with Gasteiger partial charge in [-0.15, -0.1) is 11.6 Å². The van der Waals surface area contributed by atoms with Gasteiger partial charge in [-0.3, -0.25) is 4.79 Å². The highest BCUT2D eigenvalue weighted by Gasteiger charge is 2.45. The van der Waals surface area contributed by atoms with Gasteiger partial charge < -0.3 is 4.74 Å². The van der Waals surface area contributed by atoms with Gasteiger partial charge in [-0.05, 0) is 6.92 Å². The van der Waals surface area contributed by atoms with Gasteiger partial charge in [0.1, 0.15) is 25.4 Å². The maximum absolute atomic E-state index is 12.5. The summed E-state index contributed by atoms with van der Waals surface area (Å²) in [4.78, 5) is 22.5. The number of esters is 1. The molecule has 0 aliphatic carbocycles. The second-order valence-electron chi connectivity index (χ2n) is 3.16.